The Labute approximate surface area is 114 Å². The van der Waals surface area contributed by atoms with E-state index < -0.39 is 5.97 Å². The van der Waals surface area contributed by atoms with Crippen LogP contribution in [-0.4, -0.2) is 18.4 Å². The Morgan fingerprint density at radius 1 is 1.39 bits per heavy atom. The number of anilines is 1. The van der Waals surface area contributed by atoms with Crippen molar-refractivity contribution in [1.82, 2.24) is 0 Å². The Kier molecular flexibility index (Phi) is 5.58. The number of ether oxygens (including phenoxy) is 1. The zero-order valence-corrected chi connectivity index (χ0v) is 11.8. The van der Waals surface area contributed by atoms with Crippen LogP contribution in [0.2, 0.25) is 0 Å². The summed E-state index contributed by atoms with van der Waals surface area (Å²) in [5.41, 5.74) is 0.758. The van der Waals surface area contributed by atoms with Crippen molar-refractivity contribution in [2.24, 2.45) is 0 Å². The number of carbonyl (C=O) groups excluding carboxylic acids is 2. The van der Waals surface area contributed by atoms with Crippen molar-refractivity contribution in [2.45, 2.75) is 13.8 Å². The maximum absolute atomic E-state index is 11.5. The molecule has 0 spiro atoms. The predicted octanol–water partition coefficient (Wildman–Crippen LogP) is 2.90. The molecule has 0 unspecified atom stereocenters. The van der Waals surface area contributed by atoms with Gasteiger partial charge in [0.2, 0.25) is 0 Å². The van der Waals surface area contributed by atoms with E-state index in [2.05, 4.69) is 21.2 Å². The van der Waals surface area contributed by atoms with Crippen molar-refractivity contribution in [3.63, 3.8) is 0 Å². The van der Waals surface area contributed by atoms with Crippen LogP contribution in [0.25, 0.3) is 0 Å². The molecule has 5 heteroatoms. The van der Waals surface area contributed by atoms with E-state index in [4.69, 9.17) is 4.74 Å². The third-order valence-corrected chi connectivity index (χ3v) is 2.81. The van der Waals surface area contributed by atoms with Crippen LogP contribution in [-0.2, 0) is 14.3 Å². The summed E-state index contributed by atoms with van der Waals surface area (Å²) in [4.78, 5) is 22.9. The van der Waals surface area contributed by atoms with E-state index in [9.17, 15) is 9.59 Å². The Hall–Kier alpha value is -1.62. The maximum atomic E-state index is 11.5. The van der Waals surface area contributed by atoms with Gasteiger partial charge in [-0.15, -0.1) is 0 Å². The van der Waals surface area contributed by atoms with Gasteiger partial charge in [-0.2, -0.15) is 0 Å². The molecule has 0 aromatic heterocycles. The molecule has 1 aromatic rings. The number of esters is 1. The fourth-order valence-electron chi connectivity index (χ4n) is 1.24. The molecule has 0 heterocycles. The molecule has 1 aromatic carbocycles. The number of Topliss-reactive ketones (excluding diaryl/α,β-unsaturated/α-hetero) is 1. The molecule has 1 rings (SSSR count). The Morgan fingerprint density at radius 3 is 2.61 bits per heavy atom. The van der Waals surface area contributed by atoms with E-state index in [0.29, 0.717) is 0 Å². The first kappa shape index (κ1) is 14.4. The molecule has 0 amide bonds. The summed E-state index contributed by atoms with van der Waals surface area (Å²) in [5.74, 6) is -0.961. The molecule has 0 aliphatic rings. The lowest BCUT2D eigenvalue weighted by Crippen LogP contribution is -2.15. The van der Waals surface area contributed by atoms with Gasteiger partial charge in [0.25, 0.3) is 0 Å². The Morgan fingerprint density at radius 2 is 2.06 bits per heavy atom. The minimum atomic E-state index is -0.621. The zero-order valence-electron chi connectivity index (χ0n) is 10.2. The zero-order chi connectivity index (χ0) is 13.5. The second kappa shape index (κ2) is 6.96. The first-order chi connectivity index (χ1) is 8.56. The molecule has 0 fully saturated rings. The Balaban J connectivity index is 2.88. The minimum absolute atomic E-state index is 0.00685. The van der Waals surface area contributed by atoms with Crippen LogP contribution >= 0.6 is 15.9 Å². The van der Waals surface area contributed by atoms with Crippen LogP contribution in [0.5, 0.6) is 0 Å². The highest BCUT2D eigenvalue weighted by atomic mass is 79.9. The van der Waals surface area contributed by atoms with Crippen molar-refractivity contribution in [1.29, 1.82) is 0 Å². The van der Waals surface area contributed by atoms with Gasteiger partial charge in [-0.05, 0) is 41.9 Å². The van der Waals surface area contributed by atoms with E-state index in [-0.39, 0.29) is 18.0 Å². The van der Waals surface area contributed by atoms with E-state index in [1.807, 2.05) is 24.3 Å². The summed E-state index contributed by atoms with van der Waals surface area (Å²) < 4.78 is 5.64. The SMILES string of the molecule is CCOC(=O)/C(=C/Nc1ccccc1Br)C(C)=O. The number of nitrogens with one attached hydrogen (secondary N) is 1. The number of hydrogen-bond donors (Lipinski definition) is 1. The fourth-order valence-corrected chi connectivity index (χ4v) is 1.64. The van der Waals surface area contributed by atoms with Gasteiger partial charge in [0.05, 0.1) is 12.3 Å². The predicted molar refractivity (Wildman–Crippen MR) is 73.2 cm³/mol. The summed E-state index contributed by atoms with van der Waals surface area (Å²) in [7, 11) is 0. The molecule has 4 nitrogen and oxygen atoms in total. The molecule has 1 N–H and O–H groups in total. The van der Waals surface area contributed by atoms with Crippen LogP contribution in [0.1, 0.15) is 13.8 Å². The second-order valence-corrected chi connectivity index (χ2v) is 4.31. The summed E-state index contributed by atoms with van der Waals surface area (Å²) in [6, 6.07) is 7.40. The quantitative estimate of drug-likeness (QED) is 0.393. The van der Waals surface area contributed by atoms with Gasteiger partial charge in [-0.1, -0.05) is 12.1 Å². The highest BCUT2D eigenvalue weighted by molar-refractivity contribution is 9.10. The van der Waals surface area contributed by atoms with Gasteiger partial charge in [0, 0.05) is 10.7 Å². The first-order valence-electron chi connectivity index (χ1n) is 5.45. The van der Waals surface area contributed by atoms with Crippen molar-refractivity contribution >= 4 is 33.4 Å². The normalized spacial score (nSPS) is 10.9. The van der Waals surface area contributed by atoms with Crippen molar-refractivity contribution in [3.05, 3.63) is 40.5 Å². The minimum Gasteiger partial charge on any atom is -0.462 e. The molecule has 0 bridgehead atoms. The first-order valence-corrected chi connectivity index (χ1v) is 6.24. The molecule has 18 heavy (non-hydrogen) atoms. The topological polar surface area (TPSA) is 55.4 Å². The summed E-state index contributed by atoms with van der Waals surface area (Å²) in [5, 5.41) is 2.90. The van der Waals surface area contributed by atoms with Crippen molar-refractivity contribution in [2.75, 3.05) is 11.9 Å². The van der Waals surface area contributed by atoms with Gasteiger partial charge < -0.3 is 10.1 Å². The molecule has 0 aliphatic heterocycles. The Bertz CT molecular complexity index is 483. The molecule has 0 atom stereocenters. The maximum Gasteiger partial charge on any atom is 0.343 e. The van der Waals surface area contributed by atoms with E-state index in [1.165, 1.54) is 13.1 Å². The molecule has 0 radical (unpaired) electrons. The lowest BCUT2D eigenvalue weighted by atomic mass is 10.2. The number of hydrogen-bond acceptors (Lipinski definition) is 4. The lowest BCUT2D eigenvalue weighted by molar-refractivity contribution is -0.139. The van der Waals surface area contributed by atoms with Crippen LogP contribution in [0.4, 0.5) is 5.69 Å². The fraction of sp³-hybridized carbons (Fsp3) is 0.231. The summed E-state index contributed by atoms with van der Waals surface area (Å²) >= 11 is 3.36. The molecular formula is C13H14BrNO3. The number of benzene rings is 1. The largest absolute Gasteiger partial charge is 0.462 e. The van der Waals surface area contributed by atoms with E-state index in [1.54, 1.807) is 6.92 Å². The van der Waals surface area contributed by atoms with Crippen molar-refractivity contribution < 1.29 is 14.3 Å². The van der Waals surface area contributed by atoms with Gasteiger partial charge >= 0.3 is 5.97 Å². The second-order valence-electron chi connectivity index (χ2n) is 3.46. The third kappa shape index (κ3) is 4.00. The van der Waals surface area contributed by atoms with Crippen LogP contribution < -0.4 is 5.32 Å². The number of carbonyl (C=O) groups is 2. The average Bonchev–Trinajstić information content (AvgIpc) is 2.31. The van der Waals surface area contributed by atoms with Crippen LogP contribution in [0, 0.1) is 0 Å². The number of para-hydroxylation sites is 1. The third-order valence-electron chi connectivity index (χ3n) is 2.12. The number of rotatable bonds is 5. The molecular weight excluding hydrogens is 298 g/mol. The van der Waals surface area contributed by atoms with Gasteiger partial charge in [0.15, 0.2) is 5.78 Å². The highest BCUT2D eigenvalue weighted by Gasteiger charge is 2.15. The van der Waals surface area contributed by atoms with Gasteiger partial charge in [-0.3, -0.25) is 4.79 Å². The lowest BCUT2D eigenvalue weighted by Gasteiger charge is -2.06. The van der Waals surface area contributed by atoms with E-state index >= 15 is 0 Å². The molecule has 96 valence electrons. The standard InChI is InChI=1S/C13H14BrNO3/c1-3-18-13(17)10(9(2)16)8-15-12-7-5-4-6-11(12)14/h4-8,15H,3H2,1-2H3/b10-8+. The monoisotopic (exact) mass is 311 g/mol. The smallest absolute Gasteiger partial charge is 0.343 e. The number of halogens is 1. The molecule has 0 saturated heterocycles. The van der Waals surface area contributed by atoms with Crippen molar-refractivity contribution in [3.8, 4) is 0 Å². The molecule has 0 aliphatic carbocycles. The van der Waals surface area contributed by atoms with Gasteiger partial charge in [-0.25, -0.2) is 4.79 Å². The van der Waals surface area contributed by atoms with E-state index in [0.717, 1.165) is 10.2 Å². The number of ketones is 1. The molecule has 0 saturated carbocycles. The van der Waals surface area contributed by atoms with Gasteiger partial charge in [0.1, 0.15) is 5.57 Å². The average molecular weight is 312 g/mol. The van der Waals surface area contributed by atoms with Crippen LogP contribution in [0.15, 0.2) is 40.5 Å². The van der Waals surface area contributed by atoms with Crippen LogP contribution in [0.3, 0.4) is 0 Å². The summed E-state index contributed by atoms with van der Waals surface area (Å²) in [6.45, 7) is 3.25. The summed E-state index contributed by atoms with van der Waals surface area (Å²) in [6.07, 6.45) is 1.36. The highest BCUT2D eigenvalue weighted by Crippen LogP contribution is 2.21.